The summed E-state index contributed by atoms with van der Waals surface area (Å²) < 4.78 is 24.7. The molecule has 0 saturated carbocycles. The van der Waals surface area contributed by atoms with Crippen molar-refractivity contribution in [3.8, 4) is 11.5 Å². The Bertz CT molecular complexity index is 646. The summed E-state index contributed by atoms with van der Waals surface area (Å²) in [7, 11) is 1.62. The van der Waals surface area contributed by atoms with Crippen molar-refractivity contribution < 1.29 is 13.9 Å². The molecule has 0 aliphatic carbocycles. The number of aromatic nitrogens is 1. The number of benzene rings is 1. The predicted molar refractivity (Wildman–Crippen MR) is 83.6 cm³/mol. The van der Waals surface area contributed by atoms with Gasteiger partial charge in [0.2, 0.25) is 0 Å². The Balaban J connectivity index is 2.17. The van der Waals surface area contributed by atoms with Crippen molar-refractivity contribution in [2.75, 3.05) is 7.11 Å². The lowest BCUT2D eigenvalue weighted by Gasteiger charge is -2.13. The summed E-state index contributed by atoms with van der Waals surface area (Å²) in [6.45, 7) is 4.05. The second-order valence-electron chi connectivity index (χ2n) is 4.73. The van der Waals surface area contributed by atoms with Crippen LogP contribution in [0.2, 0.25) is 0 Å². The maximum atomic E-state index is 13.9. The van der Waals surface area contributed by atoms with Crippen LogP contribution in [0.25, 0.3) is 0 Å². The number of aryl methyl sites for hydroxylation is 1. The molecule has 0 aliphatic heterocycles. The van der Waals surface area contributed by atoms with Crippen LogP contribution in [0.5, 0.6) is 11.5 Å². The molecule has 21 heavy (non-hydrogen) atoms. The van der Waals surface area contributed by atoms with Crippen LogP contribution < -0.4 is 9.47 Å². The molecule has 1 aromatic carbocycles. The second kappa shape index (κ2) is 6.89. The first kappa shape index (κ1) is 15.8. The number of methoxy groups -OCH3 is 1. The van der Waals surface area contributed by atoms with E-state index in [2.05, 4.69) is 20.9 Å². The first-order valence-corrected chi connectivity index (χ1v) is 7.65. The molecule has 5 heteroatoms. The van der Waals surface area contributed by atoms with E-state index in [1.165, 1.54) is 6.07 Å². The zero-order valence-electron chi connectivity index (χ0n) is 12.2. The quantitative estimate of drug-likeness (QED) is 0.750. The molecule has 0 bridgehead atoms. The maximum absolute atomic E-state index is 13.9. The lowest BCUT2D eigenvalue weighted by Crippen LogP contribution is -2.05. The normalized spacial score (nSPS) is 10.5. The third kappa shape index (κ3) is 3.53. The highest BCUT2D eigenvalue weighted by Crippen LogP contribution is 2.26. The Hall–Kier alpha value is -1.62. The van der Waals surface area contributed by atoms with E-state index in [4.69, 9.17) is 9.47 Å². The Morgan fingerprint density at radius 2 is 2.05 bits per heavy atom. The minimum atomic E-state index is -0.372. The van der Waals surface area contributed by atoms with Gasteiger partial charge in [0.1, 0.15) is 12.4 Å². The molecule has 0 atom stereocenters. The van der Waals surface area contributed by atoms with Gasteiger partial charge in [0.15, 0.2) is 11.6 Å². The maximum Gasteiger partial charge on any atom is 0.165 e. The van der Waals surface area contributed by atoms with Gasteiger partial charge in [-0.25, -0.2) is 4.39 Å². The number of ether oxygens (including phenoxy) is 2. The monoisotopic (exact) mass is 353 g/mol. The zero-order valence-corrected chi connectivity index (χ0v) is 13.8. The number of hydrogen-bond acceptors (Lipinski definition) is 3. The van der Waals surface area contributed by atoms with Crippen LogP contribution in [0.1, 0.15) is 22.4 Å². The average Bonchev–Trinajstić information content (AvgIpc) is 2.48. The van der Waals surface area contributed by atoms with Crippen molar-refractivity contribution in [1.29, 1.82) is 0 Å². The Labute approximate surface area is 132 Å². The van der Waals surface area contributed by atoms with Crippen molar-refractivity contribution in [2.45, 2.75) is 25.8 Å². The van der Waals surface area contributed by atoms with Crippen molar-refractivity contribution in [1.82, 2.24) is 4.98 Å². The summed E-state index contributed by atoms with van der Waals surface area (Å²) in [6.07, 6.45) is 1.73. The standard InChI is InChI=1S/C16H17BrFNO2/c1-10-8-19-14(11(2)16(10)20-3)9-21-15-5-4-12(7-17)6-13(15)18/h4-6,8H,7,9H2,1-3H3. The third-order valence-corrected chi connectivity index (χ3v) is 3.91. The number of hydrogen-bond donors (Lipinski definition) is 0. The molecule has 0 aliphatic rings. The molecule has 0 N–H and O–H groups in total. The van der Waals surface area contributed by atoms with Gasteiger partial charge in [0, 0.05) is 22.7 Å². The van der Waals surface area contributed by atoms with E-state index in [1.807, 2.05) is 19.9 Å². The van der Waals surface area contributed by atoms with E-state index in [0.717, 1.165) is 28.1 Å². The van der Waals surface area contributed by atoms with Crippen molar-refractivity contribution in [3.63, 3.8) is 0 Å². The molecule has 0 spiro atoms. The molecule has 2 rings (SSSR count). The van der Waals surface area contributed by atoms with E-state index in [0.29, 0.717) is 5.33 Å². The van der Waals surface area contributed by atoms with E-state index < -0.39 is 0 Å². The fourth-order valence-electron chi connectivity index (χ4n) is 2.11. The highest BCUT2D eigenvalue weighted by Gasteiger charge is 2.11. The molecular weight excluding hydrogens is 337 g/mol. The highest BCUT2D eigenvalue weighted by atomic mass is 79.9. The van der Waals surface area contributed by atoms with Crippen LogP contribution in [0.3, 0.4) is 0 Å². The molecular formula is C16H17BrFNO2. The van der Waals surface area contributed by atoms with Gasteiger partial charge in [-0.15, -0.1) is 0 Å². The van der Waals surface area contributed by atoms with Gasteiger partial charge in [-0.3, -0.25) is 4.98 Å². The van der Waals surface area contributed by atoms with E-state index in [1.54, 1.807) is 19.4 Å². The number of pyridine rings is 1. The minimum Gasteiger partial charge on any atom is -0.496 e. The van der Waals surface area contributed by atoms with E-state index in [9.17, 15) is 4.39 Å². The third-order valence-electron chi connectivity index (χ3n) is 3.26. The van der Waals surface area contributed by atoms with Gasteiger partial charge in [-0.1, -0.05) is 22.0 Å². The van der Waals surface area contributed by atoms with Crippen LogP contribution >= 0.6 is 15.9 Å². The number of halogens is 2. The molecule has 1 heterocycles. The summed E-state index contributed by atoms with van der Waals surface area (Å²) in [5.74, 6) is 0.642. The molecule has 3 nitrogen and oxygen atoms in total. The van der Waals surface area contributed by atoms with Gasteiger partial charge < -0.3 is 9.47 Å². The molecule has 112 valence electrons. The molecule has 2 aromatic rings. The fourth-order valence-corrected chi connectivity index (χ4v) is 2.46. The van der Waals surface area contributed by atoms with Gasteiger partial charge in [0.25, 0.3) is 0 Å². The van der Waals surface area contributed by atoms with Gasteiger partial charge in [-0.2, -0.15) is 0 Å². The van der Waals surface area contributed by atoms with Crippen LogP contribution in [0, 0.1) is 19.7 Å². The summed E-state index contributed by atoms with van der Waals surface area (Å²) in [6, 6.07) is 4.91. The number of alkyl halides is 1. The smallest absolute Gasteiger partial charge is 0.165 e. The van der Waals surface area contributed by atoms with Gasteiger partial charge in [0.05, 0.1) is 12.8 Å². The first-order chi connectivity index (χ1) is 10.1. The molecule has 0 saturated heterocycles. The largest absolute Gasteiger partial charge is 0.496 e. The topological polar surface area (TPSA) is 31.4 Å². The molecule has 0 radical (unpaired) electrons. The second-order valence-corrected chi connectivity index (χ2v) is 5.29. The molecule has 0 unspecified atom stereocenters. The van der Waals surface area contributed by atoms with Crippen molar-refractivity contribution in [3.05, 3.63) is 52.6 Å². The Morgan fingerprint density at radius 1 is 1.29 bits per heavy atom. The van der Waals surface area contributed by atoms with Gasteiger partial charge in [-0.05, 0) is 31.5 Å². The summed E-state index contributed by atoms with van der Waals surface area (Å²) in [4.78, 5) is 4.33. The summed E-state index contributed by atoms with van der Waals surface area (Å²) >= 11 is 3.29. The van der Waals surface area contributed by atoms with Crippen LogP contribution in [0.15, 0.2) is 24.4 Å². The van der Waals surface area contributed by atoms with E-state index in [-0.39, 0.29) is 18.2 Å². The SMILES string of the molecule is COc1c(C)cnc(COc2ccc(CBr)cc2F)c1C. The number of rotatable bonds is 5. The van der Waals surface area contributed by atoms with Crippen molar-refractivity contribution in [2.24, 2.45) is 0 Å². The Morgan fingerprint density at radius 3 is 2.67 bits per heavy atom. The van der Waals surface area contributed by atoms with Crippen LogP contribution in [0.4, 0.5) is 4.39 Å². The highest BCUT2D eigenvalue weighted by molar-refractivity contribution is 9.08. The van der Waals surface area contributed by atoms with Crippen LogP contribution in [-0.4, -0.2) is 12.1 Å². The Kier molecular flexibility index (Phi) is 5.17. The summed E-state index contributed by atoms with van der Waals surface area (Å²) in [5.41, 5.74) is 3.48. The zero-order chi connectivity index (χ0) is 15.4. The minimum absolute atomic E-state index is 0.201. The van der Waals surface area contributed by atoms with Crippen molar-refractivity contribution >= 4 is 15.9 Å². The predicted octanol–water partition coefficient (Wildman–Crippen LogP) is 4.32. The lowest BCUT2D eigenvalue weighted by molar-refractivity contribution is 0.283. The number of nitrogens with zero attached hydrogens (tertiary/aromatic N) is 1. The first-order valence-electron chi connectivity index (χ1n) is 6.53. The fraction of sp³-hybridized carbons (Fsp3) is 0.312. The average molecular weight is 354 g/mol. The van der Waals surface area contributed by atoms with E-state index >= 15 is 0 Å². The molecule has 0 amide bonds. The van der Waals surface area contributed by atoms with Crippen LogP contribution in [-0.2, 0) is 11.9 Å². The molecule has 0 fully saturated rings. The van der Waals surface area contributed by atoms with Gasteiger partial charge >= 0.3 is 0 Å². The molecule has 1 aromatic heterocycles. The summed E-state index contributed by atoms with van der Waals surface area (Å²) in [5, 5.41) is 0.611. The lowest BCUT2D eigenvalue weighted by atomic mass is 10.1.